The Hall–Kier alpha value is -3.68. The third kappa shape index (κ3) is 4.01. The van der Waals surface area contributed by atoms with Crippen LogP contribution in [0.2, 0.25) is 5.15 Å². The first kappa shape index (κ1) is 20.6. The molecule has 0 saturated carbocycles. The van der Waals surface area contributed by atoms with Gasteiger partial charge in [-0.15, -0.1) is 10.2 Å². The highest BCUT2D eigenvalue weighted by Gasteiger charge is 2.23. The van der Waals surface area contributed by atoms with E-state index in [4.69, 9.17) is 26.8 Å². The maximum atomic E-state index is 11.7. The first-order valence-corrected chi connectivity index (χ1v) is 9.74. The third-order valence-electron chi connectivity index (χ3n) is 4.89. The number of ether oxygens (including phenoxy) is 2. The maximum absolute atomic E-state index is 11.7. The smallest absolute Gasteiger partial charge is 0.271 e. The molecule has 0 spiro atoms. The molecule has 2 aromatic heterocycles. The highest BCUT2D eigenvalue weighted by atomic mass is 35.5. The monoisotopic (exact) mass is 439 g/mol. The lowest BCUT2D eigenvalue weighted by Gasteiger charge is -2.15. The minimum Gasteiger partial charge on any atom is -0.494 e. The van der Waals surface area contributed by atoms with Gasteiger partial charge in [-0.3, -0.25) is 9.48 Å². The molecule has 3 heterocycles. The first-order chi connectivity index (χ1) is 15.0. The number of nitrogens with one attached hydrogen (secondary N) is 1. The van der Waals surface area contributed by atoms with Crippen LogP contribution in [-0.4, -0.2) is 46.2 Å². The SMILES string of the molecule is COc1c(Nc2cc(Cl)nnc2C(N)=O)cccc1-c1cn([C@H]2CCOC2)nc1C#N. The summed E-state index contributed by atoms with van der Waals surface area (Å²) < 4.78 is 12.8. The molecule has 3 N–H and O–H groups in total. The number of carbonyl (C=O) groups excluding carboxylic acids is 1. The molecule has 10 nitrogen and oxygen atoms in total. The molecule has 1 amide bonds. The van der Waals surface area contributed by atoms with Gasteiger partial charge in [0.25, 0.3) is 5.91 Å². The Kier molecular flexibility index (Phi) is 5.70. The number of hydrogen-bond acceptors (Lipinski definition) is 8. The number of anilines is 2. The van der Waals surface area contributed by atoms with Crippen LogP contribution in [0.1, 0.15) is 28.6 Å². The van der Waals surface area contributed by atoms with Gasteiger partial charge in [0.2, 0.25) is 0 Å². The number of rotatable bonds is 6. The van der Waals surface area contributed by atoms with Crippen molar-refractivity contribution in [1.82, 2.24) is 20.0 Å². The molecule has 3 aromatic rings. The number of para-hydroxylation sites is 1. The Morgan fingerprint density at radius 2 is 2.23 bits per heavy atom. The highest BCUT2D eigenvalue weighted by molar-refractivity contribution is 6.29. The highest BCUT2D eigenvalue weighted by Crippen LogP contribution is 2.40. The van der Waals surface area contributed by atoms with Gasteiger partial charge in [-0.1, -0.05) is 23.7 Å². The molecule has 0 aliphatic carbocycles. The molecule has 1 saturated heterocycles. The van der Waals surface area contributed by atoms with Gasteiger partial charge in [0.15, 0.2) is 16.5 Å². The number of nitriles is 1. The van der Waals surface area contributed by atoms with E-state index >= 15 is 0 Å². The van der Waals surface area contributed by atoms with Crippen LogP contribution in [0.3, 0.4) is 0 Å². The number of aromatic nitrogens is 4. The van der Waals surface area contributed by atoms with Crippen molar-refractivity contribution in [3.8, 4) is 22.9 Å². The molecule has 1 fully saturated rings. The van der Waals surface area contributed by atoms with E-state index in [0.29, 0.717) is 35.8 Å². The zero-order valence-electron chi connectivity index (χ0n) is 16.5. The first-order valence-electron chi connectivity index (χ1n) is 9.36. The van der Waals surface area contributed by atoms with E-state index in [1.54, 1.807) is 16.8 Å². The van der Waals surface area contributed by atoms with E-state index < -0.39 is 5.91 Å². The summed E-state index contributed by atoms with van der Waals surface area (Å²) in [5, 5.41) is 24.7. The molecule has 11 heteroatoms. The quantitative estimate of drug-likeness (QED) is 0.597. The zero-order chi connectivity index (χ0) is 22.0. The zero-order valence-corrected chi connectivity index (χ0v) is 17.3. The predicted molar refractivity (Wildman–Crippen MR) is 112 cm³/mol. The van der Waals surface area contributed by atoms with Crippen LogP contribution >= 0.6 is 11.6 Å². The Labute approximate surface area is 182 Å². The molecule has 0 radical (unpaired) electrons. The second kappa shape index (κ2) is 8.59. The molecule has 158 valence electrons. The Morgan fingerprint density at radius 3 is 2.90 bits per heavy atom. The van der Waals surface area contributed by atoms with Crippen LogP contribution in [0.25, 0.3) is 11.1 Å². The summed E-state index contributed by atoms with van der Waals surface area (Å²) >= 11 is 5.94. The average Bonchev–Trinajstić information content (AvgIpc) is 3.43. The van der Waals surface area contributed by atoms with Crippen LogP contribution in [-0.2, 0) is 4.74 Å². The van der Waals surface area contributed by atoms with Crippen molar-refractivity contribution in [2.45, 2.75) is 12.5 Å². The van der Waals surface area contributed by atoms with Crippen molar-refractivity contribution >= 4 is 28.9 Å². The van der Waals surface area contributed by atoms with Gasteiger partial charge in [0.05, 0.1) is 31.1 Å². The maximum Gasteiger partial charge on any atom is 0.271 e. The van der Waals surface area contributed by atoms with Gasteiger partial charge in [-0.2, -0.15) is 10.4 Å². The van der Waals surface area contributed by atoms with E-state index in [1.165, 1.54) is 13.2 Å². The van der Waals surface area contributed by atoms with Gasteiger partial charge < -0.3 is 20.5 Å². The van der Waals surface area contributed by atoms with Crippen LogP contribution in [0.15, 0.2) is 30.5 Å². The fourth-order valence-corrected chi connectivity index (χ4v) is 3.59. The van der Waals surface area contributed by atoms with Crippen LogP contribution in [0.4, 0.5) is 11.4 Å². The van der Waals surface area contributed by atoms with Crippen LogP contribution < -0.4 is 15.8 Å². The van der Waals surface area contributed by atoms with Gasteiger partial charge >= 0.3 is 0 Å². The summed E-state index contributed by atoms with van der Waals surface area (Å²) in [5.41, 5.74) is 7.68. The van der Waals surface area contributed by atoms with E-state index in [1.807, 2.05) is 12.3 Å². The number of nitrogens with two attached hydrogens (primary N) is 1. The number of carbonyl (C=O) groups is 1. The summed E-state index contributed by atoms with van der Waals surface area (Å²) in [5.74, 6) is -0.307. The molecule has 0 bridgehead atoms. The van der Waals surface area contributed by atoms with Gasteiger partial charge in [-0.25, -0.2) is 0 Å². The summed E-state index contributed by atoms with van der Waals surface area (Å²) in [4.78, 5) is 11.7. The van der Waals surface area contributed by atoms with E-state index in [9.17, 15) is 10.1 Å². The number of primary amides is 1. The number of amides is 1. The largest absolute Gasteiger partial charge is 0.494 e. The van der Waals surface area contributed by atoms with Crippen molar-refractivity contribution < 1.29 is 14.3 Å². The Morgan fingerprint density at radius 1 is 1.39 bits per heavy atom. The number of benzene rings is 1. The molecule has 31 heavy (non-hydrogen) atoms. The molecule has 1 aromatic carbocycles. The number of methoxy groups -OCH3 is 1. The molecular weight excluding hydrogens is 422 g/mol. The van der Waals surface area contributed by atoms with Crippen molar-refractivity contribution in [2.24, 2.45) is 5.73 Å². The molecule has 1 aliphatic heterocycles. The summed E-state index contributed by atoms with van der Waals surface area (Å²) in [7, 11) is 1.51. The fourth-order valence-electron chi connectivity index (χ4n) is 3.45. The van der Waals surface area contributed by atoms with Gasteiger partial charge in [0, 0.05) is 30.0 Å². The minimum absolute atomic E-state index is 0.0661. The van der Waals surface area contributed by atoms with Gasteiger partial charge in [-0.05, 0) is 12.5 Å². The number of hydrogen-bond donors (Lipinski definition) is 2. The van der Waals surface area contributed by atoms with Crippen molar-refractivity contribution in [1.29, 1.82) is 5.26 Å². The lowest BCUT2D eigenvalue weighted by Crippen LogP contribution is -2.16. The lowest BCUT2D eigenvalue weighted by atomic mass is 10.0. The molecule has 1 atom stereocenters. The van der Waals surface area contributed by atoms with E-state index in [2.05, 4.69) is 26.7 Å². The van der Waals surface area contributed by atoms with Gasteiger partial charge in [0.1, 0.15) is 11.8 Å². The standard InChI is InChI=1S/C20H18ClN7O3/c1-30-19-12(13-9-28(27-16(13)8-22)11-5-6-31-10-11)3-2-4-14(19)24-15-7-17(21)25-26-18(15)20(23)29/h2-4,7,9,11H,5-6,10H2,1H3,(H2,23,29)(H,24,25)/t11-/m0/s1. The average molecular weight is 440 g/mol. The predicted octanol–water partition coefficient (Wildman–Crippen LogP) is 2.68. The Balaban J connectivity index is 1.78. The summed E-state index contributed by atoms with van der Waals surface area (Å²) in [6, 6.07) is 9.03. The van der Waals surface area contributed by atoms with Crippen molar-refractivity contribution in [3.05, 3.63) is 47.0 Å². The molecule has 0 unspecified atom stereocenters. The molecule has 4 rings (SSSR count). The third-order valence-corrected chi connectivity index (χ3v) is 5.08. The number of halogens is 1. The second-order valence-electron chi connectivity index (χ2n) is 6.81. The van der Waals surface area contributed by atoms with E-state index in [-0.39, 0.29) is 28.3 Å². The van der Waals surface area contributed by atoms with Crippen LogP contribution in [0, 0.1) is 11.3 Å². The lowest BCUT2D eigenvalue weighted by molar-refractivity contribution is 0.0995. The second-order valence-corrected chi connectivity index (χ2v) is 7.19. The molecule has 1 aliphatic rings. The number of nitrogens with zero attached hydrogens (tertiary/aromatic N) is 5. The fraction of sp³-hybridized carbons (Fsp3) is 0.250. The summed E-state index contributed by atoms with van der Waals surface area (Å²) in [6.45, 7) is 1.21. The van der Waals surface area contributed by atoms with Crippen molar-refractivity contribution in [2.75, 3.05) is 25.6 Å². The van der Waals surface area contributed by atoms with E-state index in [0.717, 1.165) is 6.42 Å². The summed E-state index contributed by atoms with van der Waals surface area (Å²) in [6.07, 6.45) is 2.65. The normalized spacial score (nSPS) is 15.5. The minimum atomic E-state index is -0.756. The Bertz CT molecular complexity index is 1180. The van der Waals surface area contributed by atoms with Crippen molar-refractivity contribution in [3.63, 3.8) is 0 Å². The molecular formula is C20H18ClN7O3. The topological polar surface area (TPSA) is 141 Å². The van der Waals surface area contributed by atoms with Crippen LogP contribution in [0.5, 0.6) is 5.75 Å².